The number of ether oxygens (including phenoxy) is 2. The SMILES string of the molecule is O=S(=O)(NCCCO[C@H]1CCCCO1)c1ccc(Cl)cc1C(F)(F)F. The molecule has 0 bridgehead atoms. The average molecular weight is 402 g/mol. The van der Waals surface area contributed by atoms with Gasteiger partial charge in [-0.1, -0.05) is 11.6 Å². The lowest BCUT2D eigenvalue weighted by Gasteiger charge is -2.22. The minimum absolute atomic E-state index is 0.0466. The summed E-state index contributed by atoms with van der Waals surface area (Å²) in [4.78, 5) is -0.846. The molecule has 0 spiro atoms. The van der Waals surface area contributed by atoms with Crippen molar-refractivity contribution in [1.29, 1.82) is 0 Å². The summed E-state index contributed by atoms with van der Waals surface area (Å²) in [5.41, 5.74) is -1.29. The maximum atomic E-state index is 13.0. The number of alkyl halides is 3. The third-order valence-corrected chi connectivity index (χ3v) is 5.35. The van der Waals surface area contributed by atoms with Crippen molar-refractivity contribution in [2.75, 3.05) is 19.8 Å². The second-order valence-electron chi connectivity index (χ2n) is 5.56. The Kier molecular flexibility index (Phi) is 7.10. The van der Waals surface area contributed by atoms with Crippen LogP contribution in [0, 0.1) is 0 Å². The summed E-state index contributed by atoms with van der Waals surface area (Å²) in [6.07, 6.45) is -2.02. The van der Waals surface area contributed by atoms with Gasteiger partial charge in [0.2, 0.25) is 10.0 Å². The lowest BCUT2D eigenvalue weighted by molar-refractivity contribution is -0.162. The first-order chi connectivity index (χ1) is 11.7. The number of halogens is 4. The minimum atomic E-state index is -4.82. The van der Waals surface area contributed by atoms with Gasteiger partial charge in [0.25, 0.3) is 0 Å². The zero-order chi connectivity index (χ0) is 18.5. The smallest absolute Gasteiger partial charge is 0.353 e. The van der Waals surface area contributed by atoms with Gasteiger partial charge in [0.1, 0.15) is 0 Å². The lowest BCUT2D eigenvalue weighted by atomic mass is 10.2. The maximum Gasteiger partial charge on any atom is 0.417 e. The van der Waals surface area contributed by atoms with E-state index in [1.165, 1.54) is 0 Å². The first kappa shape index (κ1) is 20.4. The molecule has 1 atom stereocenters. The van der Waals surface area contributed by atoms with Crippen LogP contribution in [-0.4, -0.2) is 34.5 Å². The Bertz CT molecular complexity index is 676. The van der Waals surface area contributed by atoms with Crippen LogP contribution in [0.3, 0.4) is 0 Å². The molecule has 25 heavy (non-hydrogen) atoms. The Morgan fingerprint density at radius 2 is 2.08 bits per heavy atom. The lowest BCUT2D eigenvalue weighted by Crippen LogP contribution is -2.29. The minimum Gasteiger partial charge on any atom is -0.353 e. The summed E-state index contributed by atoms with van der Waals surface area (Å²) >= 11 is 5.55. The number of hydrogen-bond acceptors (Lipinski definition) is 4. The molecule has 0 radical (unpaired) electrons. The first-order valence-electron chi connectivity index (χ1n) is 7.80. The molecule has 1 aromatic rings. The van der Waals surface area contributed by atoms with E-state index in [0.717, 1.165) is 31.4 Å². The van der Waals surface area contributed by atoms with Gasteiger partial charge in [-0.3, -0.25) is 0 Å². The number of nitrogens with one attached hydrogen (secondary N) is 1. The average Bonchev–Trinajstić information content (AvgIpc) is 2.54. The van der Waals surface area contributed by atoms with E-state index in [9.17, 15) is 21.6 Å². The van der Waals surface area contributed by atoms with E-state index in [1.807, 2.05) is 0 Å². The highest BCUT2D eigenvalue weighted by Gasteiger charge is 2.37. The molecule has 0 saturated carbocycles. The largest absolute Gasteiger partial charge is 0.417 e. The molecule has 1 fully saturated rings. The Hall–Kier alpha value is -0.870. The number of rotatable bonds is 7. The molecule has 5 nitrogen and oxygen atoms in total. The van der Waals surface area contributed by atoms with Gasteiger partial charge < -0.3 is 9.47 Å². The molecule has 1 aliphatic rings. The van der Waals surface area contributed by atoms with Crippen molar-refractivity contribution in [2.45, 2.75) is 43.0 Å². The monoisotopic (exact) mass is 401 g/mol. The summed E-state index contributed by atoms with van der Waals surface area (Å²) in [5.74, 6) is 0. The third-order valence-electron chi connectivity index (χ3n) is 3.59. The van der Waals surface area contributed by atoms with E-state index in [2.05, 4.69) is 4.72 Å². The molecule has 0 unspecified atom stereocenters. The molecule has 1 heterocycles. The molecular formula is C15H19ClF3NO4S. The molecular weight excluding hydrogens is 383 g/mol. The van der Waals surface area contributed by atoms with Crippen LogP contribution in [0.25, 0.3) is 0 Å². The topological polar surface area (TPSA) is 64.6 Å². The quantitative estimate of drug-likeness (QED) is 0.709. The van der Waals surface area contributed by atoms with Gasteiger partial charge in [0.15, 0.2) is 6.29 Å². The second-order valence-corrected chi connectivity index (χ2v) is 7.73. The highest BCUT2D eigenvalue weighted by atomic mass is 35.5. The zero-order valence-corrected chi connectivity index (χ0v) is 14.9. The van der Waals surface area contributed by atoms with E-state index in [1.54, 1.807) is 0 Å². The van der Waals surface area contributed by atoms with Crippen molar-refractivity contribution in [2.24, 2.45) is 0 Å². The van der Waals surface area contributed by atoms with Crippen LogP contribution in [-0.2, 0) is 25.7 Å². The molecule has 142 valence electrons. The van der Waals surface area contributed by atoms with Crippen LogP contribution in [0.4, 0.5) is 13.2 Å². The molecule has 1 saturated heterocycles. The number of benzene rings is 1. The molecule has 1 aliphatic heterocycles. The Morgan fingerprint density at radius 1 is 1.32 bits per heavy atom. The predicted molar refractivity (Wildman–Crippen MR) is 85.8 cm³/mol. The Morgan fingerprint density at radius 3 is 2.72 bits per heavy atom. The Balaban J connectivity index is 1.91. The standard InChI is InChI=1S/C15H19ClF3NO4S/c16-11-5-6-13(12(10-11)15(17,18)19)25(21,22)20-7-3-9-24-14-4-1-2-8-23-14/h5-6,10,14,20H,1-4,7-9H2/t14-/m0/s1. The van der Waals surface area contributed by atoms with Crippen LogP contribution >= 0.6 is 11.6 Å². The van der Waals surface area contributed by atoms with Gasteiger partial charge in [0.05, 0.1) is 17.1 Å². The van der Waals surface area contributed by atoms with Gasteiger partial charge in [-0.15, -0.1) is 0 Å². The van der Waals surface area contributed by atoms with Gasteiger partial charge in [-0.05, 0) is 43.9 Å². The third kappa shape index (κ3) is 6.10. The van der Waals surface area contributed by atoms with Crippen molar-refractivity contribution >= 4 is 21.6 Å². The van der Waals surface area contributed by atoms with Crippen molar-refractivity contribution in [3.8, 4) is 0 Å². The van der Waals surface area contributed by atoms with Crippen molar-refractivity contribution in [1.82, 2.24) is 4.72 Å². The molecule has 0 aliphatic carbocycles. The number of sulfonamides is 1. The normalized spacial score (nSPS) is 19.1. The van der Waals surface area contributed by atoms with Crippen LogP contribution in [0.15, 0.2) is 23.1 Å². The Labute approximate surface area is 149 Å². The first-order valence-corrected chi connectivity index (χ1v) is 9.66. The van der Waals surface area contributed by atoms with E-state index in [4.69, 9.17) is 21.1 Å². The summed E-state index contributed by atoms with van der Waals surface area (Å²) in [7, 11) is -4.31. The summed E-state index contributed by atoms with van der Waals surface area (Å²) < 4.78 is 76.3. The number of hydrogen-bond donors (Lipinski definition) is 1. The van der Waals surface area contributed by atoms with Gasteiger partial charge >= 0.3 is 6.18 Å². The maximum absolute atomic E-state index is 13.0. The van der Waals surface area contributed by atoms with E-state index < -0.39 is 26.7 Å². The van der Waals surface area contributed by atoms with E-state index in [-0.39, 0.29) is 24.5 Å². The second kappa shape index (κ2) is 8.68. The molecule has 2 rings (SSSR count). The summed E-state index contributed by atoms with van der Waals surface area (Å²) in [6, 6.07) is 2.55. The molecule has 0 amide bonds. The van der Waals surface area contributed by atoms with Crippen molar-refractivity contribution in [3.05, 3.63) is 28.8 Å². The highest BCUT2D eigenvalue weighted by Crippen LogP contribution is 2.35. The summed E-state index contributed by atoms with van der Waals surface area (Å²) in [6.45, 7) is 0.836. The van der Waals surface area contributed by atoms with Crippen LogP contribution in [0.1, 0.15) is 31.2 Å². The zero-order valence-electron chi connectivity index (χ0n) is 13.3. The predicted octanol–water partition coefficient (Wildman–Crippen LogP) is 3.57. The molecule has 1 aromatic carbocycles. The van der Waals surface area contributed by atoms with Crippen molar-refractivity contribution < 1.29 is 31.1 Å². The molecule has 0 aromatic heterocycles. The van der Waals surface area contributed by atoms with Gasteiger partial charge in [-0.2, -0.15) is 13.2 Å². The van der Waals surface area contributed by atoms with Crippen LogP contribution < -0.4 is 4.72 Å². The van der Waals surface area contributed by atoms with Gasteiger partial charge in [-0.25, -0.2) is 13.1 Å². The van der Waals surface area contributed by atoms with E-state index in [0.29, 0.717) is 19.1 Å². The molecule has 10 heteroatoms. The fourth-order valence-corrected chi connectivity index (χ4v) is 3.82. The highest BCUT2D eigenvalue weighted by molar-refractivity contribution is 7.89. The van der Waals surface area contributed by atoms with Crippen molar-refractivity contribution in [3.63, 3.8) is 0 Å². The molecule has 1 N–H and O–H groups in total. The van der Waals surface area contributed by atoms with E-state index >= 15 is 0 Å². The summed E-state index contributed by atoms with van der Waals surface area (Å²) in [5, 5.41) is -0.188. The fraction of sp³-hybridized carbons (Fsp3) is 0.600. The van der Waals surface area contributed by atoms with Crippen LogP contribution in [0.5, 0.6) is 0 Å². The fourth-order valence-electron chi connectivity index (χ4n) is 2.37. The van der Waals surface area contributed by atoms with Gasteiger partial charge in [0, 0.05) is 18.2 Å². The van der Waals surface area contributed by atoms with Crippen LogP contribution in [0.2, 0.25) is 5.02 Å².